The number of nitrogens with zero attached hydrogens (tertiary/aromatic N) is 1. The monoisotopic (exact) mass is 273 g/mol. The van der Waals surface area contributed by atoms with Gasteiger partial charge in [0, 0.05) is 0 Å². The Bertz CT molecular complexity index is 532. The first-order valence-corrected chi connectivity index (χ1v) is 5.28. The van der Waals surface area contributed by atoms with Crippen molar-refractivity contribution in [3.8, 4) is 11.8 Å². The molecule has 1 rings (SSSR count). The molecule has 0 amide bonds. The predicted molar refractivity (Wildman–Crippen MR) is 58.2 cm³/mol. The summed E-state index contributed by atoms with van der Waals surface area (Å²) >= 11 is 0. The molecule has 0 radical (unpaired) electrons. The molecule has 1 aromatic rings. The number of nitriles is 1. The van der Waals surface area contributed by atoms with E-state index in [4.69, 9.17) is 5.26 Å². The van der Waals surface area contributed by atoms with Crippen LogP contribution in [0.2, 0.25) is 0 Å². The maximum atomic E-state index is 12.6. The fourth-order valence-electron chi connectivity index (χ4n) is 1.49. The van der Waals surface area contributed by atoms with Crippen LogP contribution >= 0.6 is 0 Å². The van der Waals surface area contributed by atoms with Crippen molar-refractivity contribution in [2.75, 3.05) is 6.61 Å². The highest BCUT2D eigenvalue weighted by molar-refractivity contribution is 5.74. The van der Waals surface area contributed by atoms with E-state index < -0.39 is 29.9 Å². The van der Waals surface area contributed by atoms with Crippen LogP contribution in [0.25, 0.3) is 0 Å². The van der Waals surface area contributed by atoms with E-state index in [0.717, 1.165) is 0 Å². The second-order valence-electron chi connectivity index (χ2n) is 3.62. The van der Waals surface area contributed by atoms with Gasteiger partial charge in [-0.15, -0.1) is 0 Å². The van der Waals surface area contributed by atoms with Gasteiger partial charge < -0.3 is 9.84 Å². The molecule has 0 aromatic heterocycles. The smallest absolute Gasteiger partial charge is 0.416 e. The second-order valence-corrected chi connectivity index (χ2v) is 3.62. The normalized spacial score (nSPS) is 10.9. The average Bonchev–Trinajstić information content (AvgIpc) is 2.27. The fraction of sp³-hybridized carbons (Fsp3) is 0.333. The maximum Gasteiger partial charge on any atom is 0.416 e. The molecule has 102 valence electrons. The summed E-state index contributed by atoms with van der Waals surface area (Å²) in [7, 11) is 0. The third-order valence-corrected chi connectivity index (χ3v) is 2.28. The molecule has 7 heteroatoms. The zero-order chi connectivity index (χ0) is 14.6. The van der Waals surface area contributed by atoms with Crippen LogP contribution in [0.3, 0.4) is 0 Å². The molecule has 0 fully saturated rings. The molecule has 0 aliphatic rings. The molecule has 0 atom stereocenters. The van der Waals surface area contributed by atoms with Crippen LogP contribution < -0.4 is 0 Å². The molecule has 0 heterocycles. The van der Waals surface area contributed by atoms with Crippen LogP contribution in [-0.2, 0) is 22.1 Å². The number of carbonyl (C=O) groups excluding carboxylic acids is 1. The number of hydrogen-bond acceptors (Lipinski definition) is 4. The Labute approximate surface area is 107 Å². The van der Waals surface area contributed by atoms with Gasteiger partial charge in [0.2, 0.25) is 0 Å². The summed E-state index contributed by atoms with van der Waals surface area (Å²) in [5.41, 5.74) is -1.70. The first-order valence-electron chi connectivity index (χ1n) is 5.28. The SMILES string of the molecule is CCOC(=O)Cc1cc(C(F)(F)F)cc(O)c1C#N. The van der Waals surface area contributed by atoms with Crippen LogP contribution in [0.5, 0.6) is 5.75 Å². The largest absolute Gasteiger partial charge is 0.507 e. The quantitative estimate of drug-likeness (QED) is 0.858. The minimum absolute atomic E-state index is 0.0751. The summed E-state index contributed by atoms with van der Waals surface area (Å²) in [6, 6.07) is 2.68. The summed E-state index contributed by atoms with van der Waals surface area (Å²) in [5.74, 6) is -1.57. The molecule has 0 unspecified atom stereocenters. The molecule has 0 aliphatic heterocycles. The van der Waals surface area contributed by atoms with Gasteiger partial charge in [-0.05, 0) is 24.6 Å². The standard InChI is InChI=1S/C12H10F3NO3/c1-2-19-11(18)4-7-3-8(12(13,14)15)5-10(17)9(7)6-16/h3,5,17H,2,4H2,1H3. The van der Waals surface area contributed by atoms with E-state index in [9.17, 15) is 23.1 Å². The fourth-order valence-corrected chi connectivity index (χ4v) is 1.49. The van der Waals surface area contributed by atoms with Crippen LogP contribution in [0.15, 0.2) is 12.1 Å². The summed E-state index contributed by atoms with van der Waals surface area (Å²) in [6.45, 7) is 1.62. The third kappa shape index (κ3) is 3.61. The van der Waals surface area contributed by atoms with Crippen molar-refractivity contribution in [1.82, 2.24) is 0 Å². The zero-order valence-corrected chi connectivity index (χ0v) is 9.91. The molecule has 0 saturated carbocycles. The van der Waals surface area contributed by atoms with Gasteiger partial charge in [-0.3, -0.25) is 4.79 Å². The summed E-state index contributed by atoms with van der Waals surface area (Å²) < 4.78 is 42.3. The number of phenols is 1. The van der Waals surface area contributed by atoms with Gasteiger partial charge in [0.05, 0.1) is 24.2 Å². The Balaban J connectivity index is 3.24. The van der Waals surface area contributed by atoms with Gasteiger partial charge in [-0.2, -0.15) is 18.4 Å². The van der Waals surface area contributed by atoms with Crippen LogP contribution in [0.1, 0.15) is 23.6 Å². The van der Waals surface area contributed by atoms with Crippen molar-refractivity contribution in [3.05, 3.63) is 28.8 Å². The minimum atomic E-state index is -4.67. The number of ether oxygens (including phenoxy) is 1. The topological polar surface area (TPSA) is 70.3 Å². The van der Waals surface area contributed by atoms with Crippen molar-refractivity contribution in [2.24, 2.45) is 0 Å². The number of rotatable bonds is 3. The van der Waals surface area contributed by atoms with E-state index in [1.54, 1.807) is 13.0 Å². The molecular weight excluding hydrogens is 263 g/mol. The van der Waals surface area contributed by atoms with Gasteiger partial charge in [-0.1, -0.05) is 0 Å². The van der Waals surface area contributed by atoms with Gasteiger partial charge in [-0.25, -0.2) is 0 Å². The Hall–Kier alpha value is -2.23. The Kier molecular flexibility index (Phi) is 4.38. The van der Waals surface area contributed by atoms with Gasteiger partial charge in [0.15, 0.2) is 0 Å². The first kappa shape index (κ1) is 14.8. The number of hydrogen-bond donors (Lipinski definition) is 1. The highest BCUT2D eigenvalue weighted by Crippen LogP contribution is 2.34. The molecule has 0 saturated heterocycles. The molecule has 0 bridgehead atoms. The van der Waals surface area contributed by atoms with Crippen molar-refractivity contribution >= 4 is 5.97 Å². The molecule has 1 N–H and O–H groups in total. The lowest BCUT2D eigenvalue weighted by Gasteiger charge is -2.11. The van der Waals surface area contributed by atoms with E-state index in [-0.39, 0.29) is 17.7 Å². The van der Waals surface area contributed by atoms with Crippen LogP contribution in [0.4, 0.5) is 13.2 Å². The van der Waals surface area contributed by atoms with E-state index in [2.05, 4.69) is 4.74 Å². The average molecular weight is 273 g/mol. The molecule has 0 aliphatic carbocycles. The Morgan fingerprint density at radius 3 is 2.58 bits per heavy atom. The van der Waals surface area contributed by atoms with E-state index in [1.165, 1.54) is 0 Å². The molecule has 4 nitrogen and oxygen atoms in total. The summed E-state index contributed by atoms with van der Waals surface area (Å²) in [4.78, 5) is 11.3. The lowest BCUT2D eigenvalue weighted by Crippen LogP contribution is -2.11. The molecular formula is C12H10F3NO3. The Morgan fingerprint density at radius 2 is 2.11 bits per heavy atom. The number of aromatic hydroxyl groups is 1. The van der Waals surface area contributed by atoms with E-state index >= 15 is 0 Å². The lowest BCUT2D eigenvalue weighted by molar-refractivity contribution is -0.142. The third-order valence-electron chi connectivity index (χ3n) is 2.28. The van der Waals surface area contributed by atoms with Gasteiger partial charge in [0.25, 0.3) is 0 Å². The zero-order valence-electron chi connectivity index (χ0n) is 9.91. The predicted octanol–water partition coefficient (Wildman–Crippen LogP) is 2.39. The van der Waals surface area contributed by atoms with Crippen molar-refractivity contribution in [3.63, 3.8) is 0 Å². The van der Waals surface area contributed by atoms with Crippen LogP contribution in [-0.4, -0.2) is 17.7 Å². The van der Waals surface area contributed by atoms with Gasteiger partial charge >= 0.3 is 12.1 Å². The number of carbonyl (C=O) groups is 1. The summed E-state index contributed by atoms with van der Waals surface area (Å²) in [5, 5.41) is 18.2. The number of halogens is 3. The lowest BCUT2D eigenvalue weighted by atomic mass is 10.0. The number of phenolic OH excluding ortho intramolecular Hbond substituents is 1. The minimum Gasteiger partial charge on any atom is -0.507 e. The molecule has 19 heavy (non-hydrogen) atoms. The summed E-state index contributed by atoms with van der Waals surface area (Å²) in [6.07, 6.45) is -5.18. The first-order chi connectivity index (χ1) is 8.79. The van der Waals surface area contributed by atoms with Crippen molar-refractivity contribution in [1.29, 1.82) is 5.26 Å². The van der Waals surface area contributed by atoms with Gasteiger partial charge in [0.1, 0.15) is 11.8 Å². The number of alkyl halides is 3. The van der Waals surface area contributed by atoms with Crippen molar-refractivity contribution in [2.45, 2.75) is 19.5 Å². The van der Waals surface area contributed by atoms with E-state index in [0.29, 0.717) is 12.1 Å². The van der Waals surface area contributed by atoms with E-state index in [1.807, 2.05) is 0 Å². The number of benzene rings is 1. The van der Waals surface area contributed by atoms with Crippen molar-refractivity contribution < 1.29 is 27.8 Å². The highest BCUT2D eigenvalue weighted by atomic mass is 19.4. The number of esters is 1. The molecule has 1 aromatic carbocycles. The van der Waals surface area contributed by atoms with Crippen LogP contribution in [0, 0.1) is 11.3 Å². The Morgan fingerprint density at radius 1 is 1.47 bits per heavy atom. The highest BCUT2D eigenvalue weighted by Gasteiger charge is 2.32. The molecule has 0 spiro atoms. The maximum absolute atomic E-state index is 12.6. The second kappa shape index (κ2) is 5.61.